The largest absolute Gasteiger partial charge is 0.491 e. The van der Waals surface area contributed by atoms with Gasteiger partial charge in [-0.05, 0) is 49.7 Å². The molecule has 0 unspecified atom stereocenters. The number of nitrogens with one attached hydrogen (secondary N) is 2. The molecule has 0 saturated heterocycles. The first kappa shape index (κ1) is 22.7. The van der Waals surface area contributed by atoms with Gasteiger partial charge in [0.15, 0.2) is 0 Å². The Balaban J connectivity index is 1.93. The molecule has 0 aromatic heterocycles. The van der Waals surface area contributed by atoms with Crippen LogP contribution in [0.1, 0.15) is 25.0 Å². The van der Waals surface area contributed by atoms with E-state index < -0.39 is 39.1 Å². The van der Waals surface area contributed by atoms with E-state index in [0.717, 1.165) is 23.8 Å². The number of sulfonamides is 1. The molecule has 0 atom stereocenters. The van der Waals surface area contributed by atoms with Crippen molar-refractivity contribution in [3.63, 3.8) is 0 Å². The number of ether oxygens (including phenoxy) is 1. The lowest BCUT2D eigenvalue weighted by Crippen LogP contribution is -2.36. The summed E-state index contributed by atoms with van der Waals surface area (Å²) in [6.45, 7) is 3.29. The fourth-order valence-electron chi connectivity index (χ4n) is 2.35. The first-order valence-corrected chi connectivity index (χ1v) is 10.1. The van der Waals surface area contributed by atoms with Crippen molar-refractivity contribution in [2.75, 3.05) is 6.54 Å². The van der Waals surface area contributed by atoms with Crippen LogP contribution in [0.2, 0.25) is 0 Å². The van der Waals surface area contributed by atoms with Gasteiger partial charge in [0.1, 0.15) is 5.75 Å². The van der Waals surface area contributed by atoms with E-state index in [-0.39, 0.29) is 12.6 Å². The molecule has 158 valence electrons. The highest BCUT2D eigenvalue weighted by Gasteiger charge is 2.31. The summed E-state index contributed by atoms with van der Waals surface area (Å²) < 4.78 is 70.1. The van der Waals surface area contributed by atoms with Gasteiger partial charge in [0.25, 0.3) is 0 Å². The fraction of sp³-hybridized carbons (Fsp3) is 0.316. The lowest BCUT2D eigenvalue weighted by molar-refractivity contribution is -0.137. The topological polar surface area (TPSA) is 84.5 Å². The van der Waals surface area contributed by atoms with Crippen LogP contribution in [-0.4, -0.2) is 27.0 Å². The predicted molar refractivity (Wildman–Crippen MR) is 101 cm³/mol. The zero-order chi connectivity index (χ0) is 21.7. The van der Waals surface area contributed by atoms with Gasteiger partial charge in [-0.15, -0.1) is 0 Å². The summed E-state index contributed by atoms with van der Waals surface area (Å²) in [6, 6.07) is 10.3. The van der Waals surface area contributed by atoms with E-state index in [4.69, 9.17) is 4.74 Å². The molecule has 2 rings (SSSR count). The summed E-state index contributed by atoms with van der Waals surface area (Å²) in [7, 11) is -4.27. The second kappa shape index (κ2) is 9.27. The second-order valence-corrected chi connectivity index (χ2v) is 8.21. The lowest BCUT2D eigenvalue weighted by atomic mass is 10.2. The van der Waals surface area contributed by atoms with Gasteiger partial charge >= 0.3 is 6.18 Å². The molecular weight excluding hydrogens is 409 g/mol. The molecule has 0 bridgehead atoms. The van der Waals surface area contributed by atoms with Crippen molar-refractivity contribution in [1.82, 2.24) is 10.0 Å². The van der Waals surface area contributed by atoms with E-state index in [1.54, 1.807) is 24.3 Å². The Labute approximate surface area is 167 Å². The van der Waals surface area contributed by atoms with Crippen molar-refractivity contribution in [1.29, 1.82) is 0 Å². The minimum absolute atomic E-state index is 0.00917. The summed E-state index contributed by atoms with van der Waals surface area (Å²) in [5.74, 6) is 0.00716. The van der Waals surface area contributed by atoms with Crippen LogP contribution < -0.4 is 14.8 Å². The van der Waals surface area contributed by atoms with Crippen LogP contribution in [0, 0.1) is 0 Å². The predicted octanol–water partition coefficient (Wildman–Crippen LogP) is 3.09. The third-order valence-electron chi connectivity index (χ3n) is 3.65. The van der Waals surface area contributed by atoms with Gasteiger partial charge in [-0.1, -0.05) is 18.2 Å². The van der Waals surface area contributed by atoms with Crippen molar-refractivity contribution < 1.29 is 31.1 Å². The maximum atomic E-state index is 12.7. The number of carbonyl (C=O) groups is 1. The Hall–Kier alpha value is -2.59. The van der Waals surface area contributed by atoms with E-state index in [0.29, 0.717) is 11.8 Å². The summed E-state index contributed by atoms with van der Waals surface area (Å²) in [6.07, 6.45) is -4.68. The summed E-state index contributed by atoms with van der Waals surface area (Å²) >= 11 is 0. The van der Waals surface area contributed by atoms with Crippen LogP contribution in [0.5, 0.6) is 5.75 Å². The van der Waals surface area contributed by atoms with E-state index in [1.165, 1.54) is 0 Å². The molecule has 2 aromatic rings. The Morgan fingerprint density at radius 1 is 1.10 bits per heavy atom. The highest BCUT2D eigenvalue weighted by atomic mass is 32.2. The molecule has 2 aromatic carbocycles. The number of carbonyl (C=O) groups excluding carboxylic acids is 1. The van der Waals surface area contributed by atoms with Gasteiger partial charge in [0, 0.05) is 6.54 Å². The molecule has 2 N–H and O–H groups in total. The normalized spacial score (nSPS) is 12.1. The summed E-state index contributed by atoms with van der Waals surface area (Å²) in [5, 5.41) is 2.54. The van der Waals surface area contributed by atoms with Crippen LogP contribution in [0.4, 0.5) is 13.2 Å². The molecule has 0 fully saturated rings. The van der Waals surface area contributed by atoms with Crippen molar-refractivity contribution in [3.8, 4) is 5.75 Å². The molecule has 10 heteroatoms. The Morgan fingerprint density at radius 3 is 2.45 bits per heavy atom. The standard InChI is InChI=1S/C19H21F3N2O4S/c1-13(2)28-16-7-3-5-14(9-16)11-23-18(25)12-24-29(26,27)17-8-4-6-15(10-17)19(20,21)22/h3-10,13,24H,11-12H2,1-2H3,(H,23,25). The third kappa shape index (κ3) is 7.06. The minimum atomic E-state index is -4.67. The quantitative estimate of drug-likeness (QED) is 0.674. The SMILES string of the molecule is CC(C)Oc1cccc(CNC(=O)CNS(=O)(=O)c2cccc(C(F)(F)F)c2)c1. The molecule has 6 nitrogen and oxygen atoms in total. The van der Waals surface area contributed by atoms with Crippen molar-refractivity contribution in [2.45, 2.75) is 37.6 Å². The van der Waals surface area contributed by atoms with Gasteiger partial charge < -0.3 is 10.1 Å². The Kier molecular flexibility index (Phi) is 7.26. The van der Waals surface area contributed by atoms with Gasteiger partial charge in [0.2, 0.25) is 15.9 Å². The lowest BCUT2D eigenvalue weighted by Gasteiger charge is -2.12. The molecule has 0 saturated carbocycles. The maximum Gasteiger partial charge on any atom is 0.416 e. The van der Waals surface area contributed by atoms with Gasteiger partial charge in [-0.2, -0.15) is 13.2 Å². The molecule has 0 aliphatic heterocycles. The number of halogens is 3. The van der Waals surface area contributed by atoms with Crippen molar-refractivity contribution >= 4 is 15.9 Å². The number of benzene rings is 2. The molecular formula is C19H21F3N2O4S. The number of amides is 1. The first-order valence-electron chi connectivity index (χ1n) is 8.66. The average molecular weight is 430 g/mol. The molecule has 0 aliphatic rings. The van der Waals surface area contributed by atoms with Crippen LogP contribution >= 0.6 is 0 Å². The van der Waals surface area contributed by atoms with Crippen LogP contribution in [0.25, 0.3) is 0 Å². The van der Waals surface area contributed by atoms with Crippen LogP contribution in [0.3, 0.4) is 0 Å². The molecule has 0 radical (unpaired) electrons. The minimum Gasteiger partial charge on any atom is -0.491 e. The third-order valence-corrected chi connectivity index (χ3v) is 5.05. The van der Waals surface area contributed by atoms with Crippen molar-refractivity contribution in [3.05, 3.63) is 59.7 Å². The van der Waals surface area contributed by atoms with Gasteiger partial charge in [-0.3, -0.25) is 4.79 Å². The van der Waals surface area contributed by atoms with Crippen LogP contribution in [0.15, 0.2) is 53.4 Å². The van der Waals surface area contributed by atoms with E-state index in [1.807, 2.05) is 18.6 Å². The highest BCUT2D eigenvalue weighted by molar-refractivity contribution is 7.89. The number of alkyl halides is 3. The summed E-state index contributed by atoms with van der Waals surface area (Å²) in [5.41, 5.74) is -0.342. The first-order chi connectivity index (χ1) is 13.5. The van der Waals surface area contributed by atoms with E-state index in [9.17, 15) is 26.4 Å². The zero-order valence-corrected chi connectivity index (χ0v) is 16.6. The number of hydrogen-bond acceptors (Lipinski definition) is 4. The Morgan fingerprint density at radius 2 is 1.79 bits per heavy atom. The smallest absolute Gasteiger partial charge is 0.416 e. The average Bonchev–Trinajstić information content (AvgIpc) is 2.64. The van der Waals surface area contributed by atoms with Crippen LogP contribution in [-0.2, 0) is 27.5 Å². The second-order valence-electron chi connectivity index (χ2n) is 6.44. The molecule has 29 heavy (non-hydrogen) atoms. The Bertz CT molecular complexity index is 960. The van der Waals surface area contributed by atoms with E-state index in [2.05, 4.69) is 5.32 Å². The molecule has 1 amide bonds. The molecule has 0 spiro atoms. The van der Waals surface area contributed by atoms with Gasteiger partial charge in [-0.25, -0.2) is 13.1 Å². The molecule has 0 aliphatic carbocycles. The highest BCUT2D eigenvalue weighted by Crippen LogP contribution is 2.30. The monoisotopic (exact) mass is 430 g/mol. The van der Waals surface area contributed by atoms with Gasteiger partial charge in [0.05, 0.1) is 23.1 Å². The fourth-order valence-corrected chi connectivity index (χ4v) is 3.38. The molecule has 0 heterocycles. The summed E-state index contributed by atoms with van der Waals surface area (Å²) in [4.78, 5) is 11.4. The maximum absolute atomic E-state index is 12.7. The number of rotatable bonds is 8. The van der Waals surface area contributed by atoms with Crippen molar-refractivity contribution in [2.24, 2.45) is 0 Å². The zero-order valence-electron chi connectivity index (χ0n) is 15.8. The number of hydrogen-bond donors (Lipinski definition) is 2. The van der Waals surface area contributed by atoms with E-state index >= 15 is 0 Å².